The third kappa shape index (κ3) is 5.71. The summed E-state index contributed by atoms with van der Waals surface area (Å²) in [5.41, 5.74) is -2.07. The van der Waals surface area contributed by atoms with Gasteiger partial charge in [0.15, 0.2) is 0 Å². The number of rotatable bonds is 5. The molecule has 0 saturated heterocycles. The van der Waals surface area contributed by atoms with E-state index in [4.69, 9.17) is 19.7 Å². The van der Waals surface area contributed by atoms with E-state index in [1.807, 2.05) is 0 Å². The summed E-state index contributed by atoms with van der Waals surface area (Å²) in [6.45, 7) is 8.86. The topological polar surface area (TPSA) is 127 Å². The molecule has 0 spiro atoms. The van der Waals surface area contributed by atoms with Gasteiger partial charge in [0, 0.05) is 0 Å². The predicted molar refractivity (Wildman–Crippen MR) is 73.9 cm³/mol. The van der Waals surface area contributed by atoms with Crippen molar-refractivity contribution < 1.29 is 38.9 Å². The summed E-state index contributed by atoms with van der Waals surface area (Å²) < 4.78 is 9.43. The van der Waals surface area contributed by atoms with Gasteiger partial charge in [0.1, 0.15) is 0 Å². The van der Waals surface area contributed by atoms with Crippen LogP contribution >= 0.6 is 0 Å². The zero-order valence-corrected chi connectivity index (χ0v) is 13.5. The first-order valence-corrected chi connectivity index (χ1v) is 6.55. The quantitative estimate of drug-likeness (QED) is 0.721. The molecule has 0 aromatic carbocycles. The van der Waals surface area contributed by atoms with Crippen molar-refractivity contribution in [1.29, 1.82) is 0 Å². The first-order chi connectivity index (χ1) is 9.67. The maximum Gasteiger partial charge on any atom is 0.349 e. The second-order valence-corrected chi connectivity index (χ2v) is 6.83. The van der Waals surface area contributed by atoms with Gasteiger partial charge in [0.2, 0.25) is 12.2 Å². The second kappa shape index (κ2) is 6.76. The standard InChI is InChI=1S/C14H22O8/c1-13(2,3)11(19)21-7(9(15)16)8(10(17)18)22-12(20)14(4,5)6/h7-8H,1-6H3,(H,15,16)(H,17,18)/t7-,8-/m0/s1. The highest BCUT2D eigenvalue weighted by Gasteiger charge is 2.43. The van der Waals surface area contributed by atoms with Crippen molar-refractivity contribution in [3.63, 3.8) is 0 Å². The minimum absolute atomic E-state index is 0.919. The second-order valence-electron chi connectivity index (χ2n) is 6.83. The van der Waals surface area contributed by atoms with Crippen molar-refractivity contribution in [3.8, 4) is 0 Å². The lowest BCUT2D eigenvalue weighted by Gasteiger charge is -2.26. The lowest BCUT2D eigenvalue weighted by Crippen LogP contribution is -2.48. The van der Waals surface area contributed by atoms with Crippen molar-refractivity contribution in [2.45, 2.75) is 53.8 Å². The number of aliphatic carboxylic acids is 2. The number of carbonyl (C=O) groups excluding carboxylic acids is 2. The Morgan fingerprint density at radius 3 is 1.05 bits per heavy atom. The maximum absolute atomic E-state index is 11.8. The van der Waals surface area contributed by atoms with Crippen LogP contribution in [-0.4, -0.2) is 46.3 Å². The van der Waals surface area contributed by atoms with E-state index in [1.54, 1.807) is 0 Å². The lowest BCUT2D eigenvalue weighted by molar-refractivity contribution is -0.193. The van der Waals surface area contributed by atoms with Crippen LogP contribution in [-0.2, 0) is 28.7 Å². The number of esters is 2. The highest BCUT2D eigenvalue weighted by Crippen LogP contribution is 2.21. The Bertz CT molecular complexity index is 422. The zero-order chi connectivity index (χ0) is 17.9. The highest BCUT2D eigenvalue weighted by atomic mass is 16.6. The molecule has 0 fully saturated rings. The Kier molecular flexibility index (Phi) is 6.11. The molecular weight excluding hydrogens is 296 g/mol. The molecule has 0 aliphatic heterocycles. The maximum atomic E-state index is 11.8. The van der Waals surface area contributed by atoms with Gasteiger partial charge in [-0.25, -0.2) is 9.59 Å². The number of carboxylic acids is 2. The molecule has 0 rings (SSSR count). The molecule has 0 amide bonds. The van der Waals surface area contributed by atoms with Crippen molar-refractivity contribution in [1.82, 2.24) is 0 Å². The molecule has 0 aromatic heterocycles. The lowest BCUT2D eigenvalue weighted by atomic mass is 9.96. The van der Waals surface area contributed by atoms with Crippen LogP contribution in [0.3, 0.4) is 0 Å². The van der Waals surface area contributed by atoms with Crippen LogP contribution in [0.25, 0.3) is 0 Å². The summed E-state index contributed by atoms with van der Waals surface area (Å²) in [6, 6.07) is 0. The van der Waals surface area contributed by atoms with Gasteiger partial charge < -0.3 is 19.7 Å². The number of hydrogen-bond donors (Lipinski definition) is 2. The van der Waals surface area contributed by atoms with Crippen LogP contribution in [0, 0.1) is 10.8 Å². The van der Waals surface area contributed by atoms with E-state index in [2.05, 4.69) is 0 Å². The normalized spacial score (nSPS) is 14.6. The van der Waals surface area contributed by atoms with Crippen LogP contribution in [0.5, 0.6) is 0 Å². The fraction of sp³-hybridized carbons (Fsp3) is 0.714. The number of ether oxygens (including phenoxy) is 2. The monoisotopic (exact) mass is 318 g/mol. The van der Waals surface area contributed by atoms with E-state index in [9.17, 15) is 19.2 Å². The molecule has 22 heavy (non-hydrogen) atoms. The molecule has 8 heteroatoms. The molecule has 0 saturated carbocycles. The molecule has 0 aliphatic rings. The van der Waals surface area contributed by atoms with Crippen molar-refractivity contribution in [3.05, 3.63) is 0 Å². The van der Waals surface area contributed by atoms with Gasteiger partial charge in [-0.2, -0.15) is 0 Å². The molecule has 0 bridgehead atoms. The Morgan fingerprint density at radius 1 is 0.682 bits per heavy atom. The summed E-state index contributed by atoms with van der Waals surface area (Å²) >= 11 is 0. The van der Waals surface area contributed by atoms with E-state index in [0.717, 1.165) is 0 Å². The molecule has 0 heterocycles. The van der Waals surface area contributed by atoms with Gasteiger partial charge in [0.05, 0.1) is 10.8 Å². The molecule has 2 N–H and O–H groups in total. The number of hydrogen-bond acceptors (Lipinski definition) is 6. The third-order valence-corrected chi connectivity index (χ3v) is 2.45. The van der Waals surface area contributed by atoms with Gasteiger partial charge in [-0.1, -0.05) is 0 Å². The first-order valence-electron chi connectivity index (χ1n) is 6.55. The Morgan fingerprint density at radius 2 is 0.909 bits per heavy atom. The minimum Gasteiger partial charge on any atom is -0.478 e. The smallest absolute Gasteiger partial charge is 0.349 e. The van der Waals surface area contributed by atoms with Gasteiger partial charge in [-0.3, -0.25) is 9.59 Å². The largest absolute Gasteiger partial charge is 0.478 e. The van der Waals surface area contributed by atoms with Crippen LogP contribution < -0.4 is 0 Å². The number of carboxylic acid groups (broad SMARTS) is 2. The molecule has 2 atom stereocenters. The molecular formula is C14H22O8. The van der Waals surface area contributed by atoms with Gasteiger partial charge in [0.25, 0.3) is 0 Å². The van der Waals surface area contributed by atoms with E-state index in [1.165, 1.54) is 41.5 Å². The Hall–Kier alpha value is -2.12. The molecule has 0 unspecified atom stereocenters. The predicted octanol–water partition coefficient (Wildman–Crippen LogP) is 1.07. The van der Waals surface area contributed by atoms with Gasteiger partial charge in [-0.05, 0) is 41.5 Å². The highest BCUT2D eigenvalue weighted by molar-refractivity contribution is 5.89. The summed E-state index contributed by atoms with van der Waals surface area (Å²) in [5, 5.41) is 18.2. The minimum atomic E-state index is -2.13. The molecule has 0 aromatic rings. The number of carbonyl (C=O) groups is 4. The van der Waals surface area contributed by atoms with E-state index < -0.39 is 46.9 Å². The van der Waals surface area contributed by atoms with Crippen molar-refractivity contribution >= 4 is 23.9 Å². The molecule has 0 radical (unpaired) electrons. The van der Waals surface area contributed by atoms with Gasteiger partial charge in [-0.15, -0.1) is 0 Å². The summed E-state index contributed by atoms with van der Waals surface area (Å²) in [6.07, 6.45) is -4.26. The molecule has 8 nitrogen and oxygen atoms in total. The third-order valence-electron chi connectivity index (χ3n) is 2.45. The van der Waals surface area contributed by atoms with Gasteiger partial charge >= 0.3 is 23.9 Å². The Balaban J connectivity index is 5.39. The Labute approximate surface area is 128 Å². The fourth-order valence-electron chi connectivity index (χ4n) is 1.07. The molecule has 126 valence electrons. The van der Waals surface area contributed by atoms with Crippen LogP contribution in [0.4, 0.5) is 0 Å². The molecule has 0 aliphatic carbocycles. The zero-order valence-electron chi connectivity index (χ0n) is 13.5. The van der Waals surface area contributed by atoms with E-state index >= 15 is 0 Å². The summed E-state index contributed by atoms with van der Waals surface area (Å²) in [5.74, 6) is -5.27. The van der Waals surface area contributed by atoms with E-state index in [0.29, 0.717) is 0 Å². The first kappa shape index (κ1) is 19.9. The van der Waals surface area contributed by atoms with Crippen LogP contribution in [0.2, 0.25) is 0 Å². The average Bonchev–Trinajstić information content (AvgIpc) is 2.29. The van der Waals surface area contributed by atoms with Crippen molar-refractivity contribution in [2.24, 2.45) is 10.8 Å². The average molecular weight is 318 g/mol. The summed E-state index contributed by atoms with van der Waals surface area (Å²) in [4.78, 5) is 46.0. The fourth-order valence-corrected chi connectivity index (χ4v) is 1.07. The SMILES string of the molecule is CC(C)(C)C(=O)O[C@H](C(=O)O)[C@H](OC(=O)C(C)(C)C)C(=O)O. The van der Waals surface area contributed by atoms with Crippen molar-refractivity contribution in [2.75, 3.05) is 0 Å². The van der Waals surface area contributed by atoms with Crippen LogP contribution in [0.15, 0.2) is 0 Å². The van der Waals surface area contributed by atoms with Crippen LogP contribution in [0.1, 0.15) is 41.5 Å². The van der Waals surface area contributed by atoms with E-state index in [-0.39, 0.29) is 0 Å². The summed E-state index contributed by atoms with van der Waals surface area (Å²) in [7, 11) is 0.